The molecule has 1 aromatic rings. The molecular weight excluding hydrogens is 371 g/mol. The normalized spacial score (nSPS) is 15.5. The number of thioether (sulfide) groups is 1. The lowest BCUT2D eigenvalue weighted by atomic mass is 9.85. The van der Waals surface area contributed by atoms with Crippen LogP contribution in [0.4, 0.5) is 0 Å². The number of pyridine rings is 1. The number of aliphatic imine (C=N–C) groups is 1. The molecule has 0 atom stereocenters. The minimum atomic E-state index is 0. The topological polar surface area (TPSA) is 63.3 Å². The van der Waals surface area contributed by atoms with Crippen molar-refractivity contribution in [1.82, 2.24) is 10.3 Å². The molecule has 1 fully saturated rings. The second-order valence-electron chi connectivity index (χ2n) is 4.59. The van der Waals surface area contributed by atoms with Crippen molar-refractivity contribution in [2.24, 2.45) is 16.6 Å². The van der Waals surface area contributed by atoms with Crippen molar-refractivity contribution >= 4 is 41.7 Å². The lowest BCUT2D eigenvalue weighted by Gasteiger charge is -2.25. The monoisotopic (exact) mass is 392 g/mol. The number of nitrogens with one attached hydrogen (secondary N) is 1. The Bertz CT molecular complexity index is 421. The van der Waals surface area contributed by atoms with Crippen molar-refractivity contribution in [1.29, 1.82) is 0 Å². The molecule has 1 aliphatic rings. The highest BCUT2D eigenvalue weighted by Crippen LogP contribution is 2.24. The van der Waals surface area contributed by atoms with Gasteiger partial charge in [0.1, 0.15) is 0 Å². The average molecular weight is 392 g/mol. The van der Waals surface area contributed by atoms with Crippen LogP contribution in [0.5, 0.6) is 0 Å². The smallest absolute Gasteiger partial charge is 0.188 e. The molecule has 0 saturated heterocycles. The van der Waals surface area contributed by atoms with Crippen LogP contribution in [0.3, 0.4) is 0 Å². The Morgan fingerprint density at radius 3 is 3.00 bits per heavy atom. The van der Waals surface area contributed by atoms with Crippen LogP contribution >= 0.6 is 35.7 Å². The van der Waals surface area contributed by atoms with Crippen molar-refractivity contribution < 1.29 is 0 Å². The summed E-state index contributed by atoms with van der Waals surface area (Å²) in [7, 11) is 0. The maximum absolute atomic E-state index is 5.84. The second kappa shape index (κ2) is 8.63. The first kappa shape index (κ1) is 16.6. The summed E-state index contributed by atoms with van der Waals surface area (Å²) in [5.74, 6) is 1.34. The van der Waals surface area contributed by atoms with E-state index >= 15 is 0 Å². The zero-order chi connectivity index (χ0) is 12.8. The highest BCUT2D eigenvalue weighted by atomic mass is 127. The van der Waals surface area contributed by atoms with Gasteiger partial charge in [0.25, 0.3) is 0 Å². The molecule has 1 aromatic heterocycles. The Balaban J connectivity index is 0.00000180. The van der Waals surface area contributed by atoms with Crippen LogP contribution in [0.1, 0.15) is 24.8 Å². The van der Waals surface area contributed by atoms with Gasteiger partial charge in [0.15, 0.2) is 5.96 Å². The summed E-state index contributed by atoms with van der Waals surface area (Å²) in [4.78, 5) is 8.58. The molecular formula is C13H21IN4S. The quantitative estimate of drug-likeness (QED) is 0.350. The van der Waals surface area contributed by atoms with E-state index in [1.807, 2.05) is 24.6 Å². The second-order valence-corrected chi connectivity index (χ2v) is 5.41. The zero-order valence-electron chi connectivity index (χ0n) is 11.1. The maximum Gasteiger partial charge on any atom is 0.188 e. The van der Waals surface area contributed by atoms with Crippen molar-refractivity contribution in [2.75, 3.05) is 12.8 Å². The van der Waals surface area contributed by atoms with E-state index in [1.165, 1.54) is 19.3 Å². The number of hydrogen-bond acceptors (Lipinski definition) is 3. The van der Waals surface area contributed by atoms with Gasteiger partial charge < -0.3 is 11.1 Å². The third kappa shape index (κ3) is 5.56. The molecule has 0 aliphatic heterocycles. The molecule has 1 aliphatic carbocycles. The number of hydrogen-bond donors (Lipinski definition) is 2. The van der Waals surface area contributed by atoms with Crippen molar-refractivity contribution in [3.63, 3.8) is 0 Å². The van der Waals surface area contributed by atoms with E-state index in [1.54, 1.807) is 11.8 Å². The van der Waals surface area contributed by atoms with Crippen LogP contribution in [0, 0.1) is 5.92 Å². The third-order valence-corrected chi connectivity index (χ3v) is 3.88. The van der Waals surface area contributed by atoms with Crippen LogP contribution in [-0.4, -0.2) is 23.7 Å². The first-order valence-corrected chi connectivity index (χ1v) is 7.53. The van der Waals surface area contributed by atoms with Gasteiger partial charge in [-0.15, -0.1) is 35.7 Å². The van der Waals surface area contributed by atoms with Crippen LogP contribution in [0.15, 0.2) is 28.3 Å². The number of nitrogens with two attached hydrogens (primary N) is 1. The zero-order valence-corrected chi connectivity index (χ0v) is 14.3. The molecule has 0 radical (unpaired) electrons. The molecule has 0 aromatic carbocycles. The number of rotatable bonds is 5. The van der Waals surface area contributed by atoms with Gasteiger partial charge in [0.05, 0.1) is 11.6 Å². The summed E-state index contributed by atoms with van der Waals surface area (Å²) in [5, 5.41) is 4.21. The Hall–Kier alpha value is -0.500. The van der Waals surface area contributed by atoms with E-state index < -0.39 is 0 Å². The Kier molecular flexibility index (Phi) is 7.52. The van der Waals surface area contributed by atoms with Gasteiger partial charge in [-0.1, -0.05) is 6.42 Å². The molecule has 0 bridgehead atoms. The summed E-state index contributed by atoms with van der Waals surface area (Å²) in [6, 6.07) is 4.02. The summed E-state index contributed by atoms with van der Waals surface area (Å²) in [5.41, 5.74) is 6.98. The van der Waals surface area contributed by atoms with E-state index in [0.29, 0.717) is 12.5 Å². The summed E-state index contributed by atoms with van der Waals surface area (Å²) < 4.78 is 0. The number of guanidine groups is 1. The molecule has 19 heavy (non-hydrogen) atoms. The van der Waals surface area contributed by atoms with Gasteiger partial charge in [-0.05, 0) is 42.7 Å². The van der Waals surface area contributed by atoms with Crippen LogP contribution in [0.25, 0.3) is 0 Å². The predicted molar refractivity (Wildman–Crippen MR) is 92.1 cm³/mol. The lowest BCUT2D eigenvalue weighted by Crippen LogP contribution is -2.37. The van der Waals surface area contributed by atoms with Gasteiger partial charge in [0.2, 0.25) is 0 Å². The molecule has 106 valence electrons. The van der Waals surface area contributed by atoms with Crippen molar-refractivity contribution in [3.05, 3.63) is 23.9 Å². The molecule has 0 spiro atoms. The Morgan fingerprint density at radius 1 is 1.58 bits per heavy atom. The van der Waals surface area contributed by atoms with E-state index in [4.69, 9.17) is 5.73 Å². The molecule has 3 N–H and O–H groups in total. The molecule has 0 unspecified atom stereocenters. The molecule has 1 saturated carbocycles. The van der Waals surface area contributed by atoms with Crippen LogP contribution < -0.4 is 11.1 Å². The molecule has 2 rings (SSSR count). The average Bonchev–Trinajstić information content (AvgIpc) is 2.35. The van der Waals surface area contributed by atoms with Crippen LogP contribution in [0.2, 0.25) is 0 Å². The highest BCUT2D eigenvalue weighted by Gasteiger charge is 2.16. The number of aromatic nitrogens is 1. The number of nitrogens with zero attached hydrogens (tertiary/aromatic N) is 2. The molecule has 6 heteroatoms. The van der Waals surface area contributed by atoms with Gasteiger partial charge in [-0.3, -0.25) is 0 Å². The fraction of sp³-hybridized carbons (Fsp3) is 0.538. The van der Waals surface area contributed by atoms with Gasteiger partial charge in [-0.2, -0.15) is 0 Å². The first-order valence-electron chi connectivity index (χ1n) is 6.30. The maximum atomic E-state index is 5.84. The fourth-order valence-electron chi connectivity index (χ4n) is 1.84. The van der Waals surface area contributed by atoms with Crippen LogP contribution in [-0.2, 0) is 6.54 Å². The van der Waals surface area contributed by atoms with Gasteiger partial charge >= 0.3 is 0 Å². The predicted octanol–water partition coefficient (Wildman–Crippen LogP) is 2.63. The molecule has 0 amide bonds. The standard InChI is InChI=1S/C13H20N4S.HI/c1-18-12-7-11(5-6-15-12)9-17-13(14)16-8-10-3-2-4-10;/h5-7,10H,2-4,8-9H2,1H3,(H3,14,16,17);1H. The first-order chi connectivity index (χ1) is 8.78. The lowest BCUT2D eigenvalue weighted by molar-refractivity contribution is 0.315. The number of halogens is 1. The van der Waals surface area contributed by atoms with Crippen molar-refractivity contribution in [2.45, 2.75) is 30.8 Å². The molecule has 1 heterocycles. The third-order valence-electron chi connectivity index (χ3n) is 3.24. The Morgan fingerprint density at radius 2 is 2.37 bits per heavy atom. The van der Waals surface area contributed by atoms with Crippen molar-refractivity contribution in [3.8, 4) is 0 Å². The van der Waals surface area contributed by atoms with E-state index in [0.717, 1.165) is 23.1 Å². The van der Waals surface area contributed by atoms with E-state index in [2.05, 4.69) is 15.3 Å². The van der Waals surface area contributed by atoms with E-state index in [9.17, 15) is 0 Å². The Labute approximate surface area is 136 Å². The molecule has 4 nitrogen and oxygen atoms in total. The summed E-state index contributed by atoms with van der Waals surface area (Å²) >= 11 is 1.64. The fourth-order valence-corrected chi connectivity index (χ4v) is 2.27. The van der Waals surface area contributed by atoms with Gasteiger partial charge in [-0.25, -0.2) is 9.98 Å². The van der Waals surface area contributed by atoms with Gasteiger partial charge in [0, 0.05) is 12.7 Å². The minimum absolute atomic E-state index is 0. The summed E-state index contributed by atoms with van der Waals surface area (Å²) in [6.45, 7) is 1.57. The SMILES string of the molecule is CSc1cc(CN=C(N)NCC2CCC2)ccn1.I. The van der Waals surface area contributed by atoms with E-state index in [-0.39, 0.29) is 24.0 Å². The largest absolute Gasteiger partial charge is 0.370 e. The minimum Gasteiger partial charge on any atom is -0.370 e. The highest BCUT2D eigenvalue weighted by molar-refractivity contribution is 14.0. The summed E-state index contributed by atoms with van der Waals surface area (Å²) in [6.07, 6.45) is 7.83.